The van der Waals surface area contributed by atoms with E-state index in [2.05, 4.69) is 20.5 Å². The van der Waals surface area contributed by atoms with Crippen molar-refractivity contribution in [1.29, 1.82) is 0 Å². The van der Waals surface area contributed by atoms with Crippen LogP contribution >= 0.6 is 11.6 Å². The molecule has 8 heteroatoms. The van der Waals surface area contributed by atoms with E-state index in [0.717, 1.165) is 29.7 Å². The highest BCUT2D eigenvalue weighted by atomic mass is 35.5. The minimum absolute atomic E-state index is 0.211. The maximum atomic E-state index is 11.7. The second kappa shape index (κ2) is 11.2. The van der Waals surface area contributed by atoms with Crippen molar-refractivity contribution in [2.75, 3.05) is 12.0 Å². The molecule has 162 valence electrons. The molecule has 0 aliphatic carbocycles. The molecule has 0 aliphatic heterocycles. The Hall–Kier alpha value is -3.32. The van der Waals surface area contributed by atoms with E-state index in [0.29, 0.717) is 35.7 Å². The Bertz CT molecular complexity index is 1080. The Labute approximate surface area is 186 Å². The minimum Gasteiger partial charge on any atom is -0.490 e. The average Bonchev–Trinajstić information content (AvgIpc) is 2.74. The fourth-order valence-corrected chi connectivity index (χ4v) is 2.97. The lowest BCUT2D eigenvalue weighted by atomic mass is 10.2. The zero-order valence-electron chi connectivity index (χ0n) is 17.5. The van der Waals surface area contributed by atoms with Gasteiger partial charge in [-0.3, -0.25) is 9.78 Å². The maximum Gasteiger partial charge on any atom is 0.252 e. The number of rotatable bonds is 10. The highest BCUT2D eigenvalue weighted by molar-refractivity contribution is 6.30. The number of halogens is 1. The summed E-state index contributed by atoms with van der Waals surface area (Å²) in [4.78, 5) is 18.7. The van der Waals surface area contributed by atoms with Gasteiger partial charge in [-0.15, -0.1) is 0 Å². The van der Waals surface area contributed by atoms with Crippen LogP contribution in [0.1, 0.15) is 37.1 Å². The van der Waals surface area contributed by atoms with Crippen LogP contribution in [0.25, 0.3) is 0 Å². The van der Waals surface area contributed by atoms with Crippen molar-refractivity contribution in [3.05, 3.63) is 80.7 Å². The SMILES string of the molecule is CCCc1cc(=O)[nH]c(N/N=C/c2ccc(OCc3ccc(Cl)cc3)c(OCC)c2)n1. The average molecular weight is 441 g/mol. The number of nitrogens with one attached hydrogen (secondary N) is 2. The summed E-state index contributed by atoms with van der Waals surface area (Å²) in [5.41, 5.74) is 5.10. The molecule has 7 nitrogen and oxygen atoms in total. The molecule has 0 spiro atoms. The molecule has 31 heavy (non-hydrogen) atoms. The van der Waals surface area contributed by atoms with E-state index in [1.807, 2.05) is 56.3 Å². The lowest BCUT2D eigenvalue weighted by molar-refractivity contribution is 0.269. The Morgan fingerprint density at radius 2 is 1.90 bits per heavy atom. The van der Waals surface area contributed by atoms with Crippen LogP contribution in [0.5, 0.6) is 11.5 Å². The standard InChI is InChI=1S/C23H25ClN4O3/c1-3-5-19-13-22(29)27-23(26-19)28-25-14-17-8-11-20(21(12-17)30-4-2)31-15-16-6-9-18(24)10-7-16/h6-14H,3-5,15H2,1-2H3,(H2,26,27,28,29)/b25-14+. The molecule has 0 atom stereocenters. The Morgan fingerprint density at radius 3 is 2.65 bits per heavy atom. The number of nitrogens with zero attached hydrogens (tertiary/aromatic N) is 2. The zero-order chi connectivity index (χ0) is 22.1. The third-order valence-electron chi connectivity index (χ3n) is 4.26. The van der Waals surface area contributed by atoms with Gasteiger partial charge < -0.3 is 9.47 Å². The molecule has 0 aliphatic rings. The fraction of sp³-hybridized carbons (Fsp3) is 0.261. The van der Waals surface area contributed by atoms with Crippen LogP contribution in [0.15, 0.2) is 58.4 Å². The van der Waals surface area contributed by atoms with Gasteiger partial charge in [-0.2, -0.15) is 5.10 Å². The lowest BCUT2D eigenvalue weighted by Crippen LogP contribution is -2.12. The van der Waals surface area contributed by atoms with E-state index in [1.54, 1.807) is 6.21 Å². The van der Waals surface area contributed by atoms with E-state index in [4.69, 9.17) is 21.1 Å². The first-order valence-electron chi connectivity index (χ1n) is 10.1. The van der Waals surface area contributed by atoms with Crippen LogP contribution in [0.2, 0.25) is 5.02 Å². The van der Waals surface area contributed by atoms with Gasteiger partial charge >= 0.3 is 0 Å². The van der Waals surface area contributed by atoms with Crippen molar-refractivity contribution in [2.24, 2.45) is 5.10 Å². The largest absolute Gasteiger partial charge is 0.490 e. The van der Waals surface area contributed by atoms with Crippen molar-refractivity contribution in [2.45, 2.75) is 33.3 Å². The lowest BCUT2D eigenvalue weighted by Gasteiger charge is -2.12. The predicted octanol–water partition coefficient (Wildman–Crippen LogP) is 4.80. The summed E-state index contributed by atoms with van der Waals surface area (Å²) in [6, 6.07) is 14.5. The molecule has 2 aromatic carbocycles. The van der Waals surface area contributed by atoms with E-state index in [-0.39, 0.29) is 5.56 Å². The molecule has 1 aromatic heterocycles. The summed E-state index contributed by atoms with van der Waals surface area (Å²) < 4.78 is 11.6. The number of aryl methyl sites for hydroxylation is 1. The highest BCUT2D eigenvalue weighted by Crippen LogP contribution is 2.29. The van der Waals surface area contributed by atoms with E-state index >= 15 is 0 Å². The van der Waals surface area contributed by atoms with Crippen molar-refractivity contribution < 1.29 is 9.47 Å². The highest BCUT2D eigenvalue weighted by Gasteiger charge is 2.07. The number of hydrazone groups is 1. The van der Waals surface area contributed by atoms with Gasteiger partial charge in [0.05, 0.1) is 12.8 Å². The first-order chi connectivity index (χ1) is 15.1. The summed E-state index contributed by atoms with van der Waals surface area (Å²) >= 11 is 5.92. The monoisotopic (exact) mass is 440 g/mol. The van der Waals surface area contributed by atoms with E-state index < -0.39 is 0 Å². The van der Waals surface area contributed by atoms with E-state index in [1.165, 1.54) is 6.07 Å². The molecule has 0 unspecified atom stereocenters. The minimum atomic E-state index is -0.211. The molecule has 3 aromatic rings. The zero-order valence-corrected chi connectivity index (χ0v) is 18.3. The van der Waals surface area contributed by atoms with Crippen molar-refractivity contribution in [1.82, 2.24) is 9.97 Å². The molecule has 3 rings (SSSR count). The second-order valence-electron chi connectivity index (χ2n) is 6.76. The molecule has 0 amide bonds. The first kappa shape index (κ1) is 22.4. The normalized spacial score (nSPS) is 10.9. The molecule has 0 fully saturated rings. The first-order valence-corrected chi connectivity index (χ1v) is 10.5. The predicted molar refractivity (Wildman–Crippen MR) is 123 cm³/mol. The smallest absolute Gasteiger partial charge is 0.252 e. The van der Waals surface area contributed by atoms with Crippen molar-refractivity contribution in [3.8, 4) is 11.5 Å². The molecule has 0 bridgehead atoms. The van der Waals surface area contributed by atoms with Crippen LogP contribution in [-0.4, -0.2) is 22.8 Å². The van der Waals surface area contributed by atoms with Crippen LogP contribution in [0, 0.1) is 0 Å². The number of aromatic amines is 1. The van der Waals surface area contributed by atoms with Gasteiger partial charge in [0.2, 0.25) is 5.95 Å². The number of hydrogen-bond donors (Lipinski definition) is 2. The quantitative estimate of drug-likeness (QED) is 0.349. The molecule has 0 radical (unpaired) electrons. The molecular weight excluding hydrogens is 416 g/mol. The third kappa shape index (κ3) is 6.86. The molecule has 1 heterocycles. The number of ether oxygens (including phenoxy) is 2. The maximum absolute atomic E-state index is 11.7. The fourth-order valence-electron chi connectivity index (χ4n) is 2.85. The number of hydrogen-bond acceptors (Lipinski definition) is 6. The molecule has 0 saturated heterocycles. The van der Waals surface area contributed by atoms with Crippen LogP contribution in [0.3, 0.4) is 0 Å². The second-order valence-corrected chi connectivity index (χ2v) is 7.20. The summed E-state index contributed by atoms with van der Waals surface area (Å²) in [5, 5.41) is 4.86. The number of benzene rings is 2. The molecule has 0 saturated carbocycles. The van der Waals surface area contributed by atoms with Gasteiger partial charge in [-0.1, -0.05) is 37.1 Å². The summed E-state index contributed by atoms with van der Waals surface area (Å²) in [7, 11) is 0. The van der Waals surface area contributed by atoms with Crippen LogP contribution in [0.4, 0.5) is 5.95 Å². The third-order valence-corrected chi connectivity index (χ3v) is 4.51. The Morgan fingerprint density at radius 1 is 1.10 bits per heavy atom. The van der Waals surface area contributed by atoms with E-state index in [9.17, 15) is 4.79 Å². The summed E-state index contributed by atoms with van der Waals surface area (Å²) in [6.07, 6.45) is 3.27. The van der Waals surface area contributed by atoms with Gasteiger partial charge in [0.25, 0.3) is 5.56 Å². The molecular formula is C23H25ClN4O3. The van der Waals surface area contributed by atoms with Crippen molar-refractivity contribution in [3.63, 3.8) is 0 Å². The van der Waals surface area contributed by atoms with Gasteiger partial charge in [0.1, 0.15) is 6.61 Å². The van der Waals surface area contributed by atoms with Crippen LogP contribution in [-0.2, 0) is 13.0 Å². The summed E-state index contributed by atoms with van der Waals surface area (Å²) in [5.74, 6) is 1.57. The summed E-state index contributed by atoms with van der Waals surface area (Å²) in [6.45, 7) is 4.86. The van der Waals surface area contributed by atoms with Gasteiger partial charge in [-0.05, 0) is 54.8 Å². The number of anilines is 1. The number of H-pyrrole nitrogens is 1. The van der Waals surface area contributed by atoms with Gasteiger partial charge in [0, 0.05) is 16.8 Å². The van der Waals surface area contributed by atoms with Crippen LogP contribution < -0.4 is 20.5 Å². The Balaban J connectivity index is 1.68. The Kier molecular flexibility index (Phi) is 8.06. The van der Waals surface area contributed by atoms with Gasteiger partial charge in [-0.25, -0.2) is 10.4 Å². The van der Waals surface area contributed by atoms with Crippen molar-refractivity contribution >= 4 is 23.8 Å². The topological polar surface area (TPSA) is 88.6 Å². The van der Waals surface area contributed by atoms with Gasteiger partial charge in [0.15, 0.2) is 11.5 Å². The number of aromatic nitrogens is 2. The molecule has 2 N–H and O–H groups in total.